The first-order chi connectivity index (χ1) is 13.6. The molecule has 28 heavy (non-hydrogen) atoms. The molecule has 3 rings (SSSR count). The van der Waals surface area contributed by atoms with Crippen LogP contribution in [0.4, 0.5) is 0 Å². The molecule has 0 aromatic carbocycles. The zero-order valence-electron chi connectivity index (χ0n) is 17.0. The molecule has 1 aliphatic carbocycles. The number of aliphatic hydroxyl groups excluding tert-OH is 1. The number of ether oxygens (including phenoxy) is 1. The molecule has 0 unspecified atom stereocenters. The number of aromatic nitrogens is 5. The summed E-state index contributed by atoms with van der Waals surface area (Å²) in [5, 5.41) is 18.3. The molecule has 1 aliphatic rings. The molecule has 0 spiro atoms. The van der Waals surface area contributed by atoms with Gasteiger partial charge in [-0.3, -0.25) is 0 Å². The maximum absolute atomic E-state index is 8.88. The van der Waals surface area contributed by atoms with Crippen LogP contribution in [0.1, 0.15) is 51.3 Å². The van der Waals surface area contributed by atoms with Gasteiger partial charge in [-0.25, -0.2) is 14.6 Å². The Morgan fingerprint density at radius 3 is 2.82 bits per heavy atom. The van der Waals surface area contributed by atoms with Crippen LogP contribution in [0.3, 0.4) is 0 Å². The molecule has 154 valence electrons. The molecule has 2 heterocycles. The van der Waals surface area contributed by atoms with E-state index >= 15 is 0 Å². The summed E-state index contributed by atoms with van der Waals surface area (Å²) in [5.41, 5.74) is 2.49. The number of hydrogen-bond donors (Lipinski definition) is 1. The molecule has 0 saturated heterocycles. The summed E-state index contributed by atoms with van der Waals surface area (Å²) in [6.45, 7) is 10.00. The van der Waals surface area contributed by atoms with Crippen LogP contribution >= 0.6 is 11.8 Å². The van der Waals surface area contributed by atoms with Gasteiger partial charge in [0.25, 0.3) is 0 Å². The second-order valence-corrected chi connectivity index (χ2v) is 7.65. The summed E-state index contributed by atoms with van der Waals surface area (Å²) in [6, 6.07) is 0.252. The Morgan fingerprint density at radius 1 is 1.36 bits per heavy atom. The van der Waals surface area contributed by atoms with Crippen molar-refractivity contribution in [3.05, 3.63) is 30.5 Å². The van der Waals surface area contributed by atoms with Gasteiger partial charge in [-0.2, -0.15) is 0 Å². The van der Waals surface area contributed by atoms with Gasteiger partial charge in [0, 0.05) is 5.75 Å². The third-order valence-electron chi connectivity index (χ3n) is 4.39. The zero-order chi connectivity index (χ0) is 20.4. The number of aliphatic hydroxyl groups is 1. The molecule has 7 nitrogen and oxygen atoms in total. The summed E-state index contributed by atoms with van der Waals surface area (Å²) in [5.74, 6) is 1.01. The highest BCUT2D eigenvalue weighted by Gasteiger charge is 2.29. The minimum absolute atomic E-state index is 0.0673. The van der Waals surface area contributed by atoms with E-state index in [0.29, 0.717) is 6.61 Å². The van der Waals surface area contributed by atoms with E-state index in [0.717, 1.165) is 53.5 Å². The topological polar surface area (TPSA) is 86.0 Å². The summed E-state index contributed by atoms with van der Waals surface area (Å²) >= 11 is 1.67. The van der Waals surface area contributed by atoms with Crippen LogP contribution in [0.25, 0.3) is 11.2 Å². The number of hydrogen-bond acceptors (Lipinski definition) is 7. The van der Waals surface area contributed by atoms with Gasteiger partial charge in [0.15, 0.2) is 16.3 Å². The molecular formula is C20H31N5O2S. The fourth-order valence-corrected chi connectivity index (χ4v) is 3.83. The molecule has 0 amide bonds. The van der Waals surface area contributed by atoms with Crippen molar-refractivity contribution in [2.45, 2.75) is 63.8 Å². The monoisotopic (exact) mass is 405 g/mol. The SMILES string of the molecule is C=C/C=C\C.CCCSc1nc(C)c2nnn([C@H]3CC[C@@H](OCCO)C3)c2n1. The van der Waals surface area contributed by atoms with Crippen molar-refractivity contribution in [3.8, 4) is 0 Å². The molecule has 1 saturated carbocycles. The number of allylic oxidation sites excluding steroid dienone is 3. The fraction of sp³-hybridized carbons (Fsp3) is 0.600. The Bertz CT molecular complexity index is 777. The lowest BCUT2D eigenvalue weighted by Gasteiger charge is -2.12. The third kappa shape index (κ3) is 6.12. The van der Waals surface area contributed by atoms with Crippen molar-refractivity contribution in [3.63, 3.8) is 0 Å². The van der Waals surface area contributed by atoms with Crippen molar-refractivity contribution in [2.24, 2.45) is 0 Å². The molecule has 0 aliphatic heterocycles. The van der Waals surface area contributed by atoms with E-state index < -0.39 is 0 Å². The van der Waals surface area contributed by atoms with Crippen molar-refractivity contribution in [2.75, 3.05) is 19.0 Å². The normalized spacial score (nSPS) is 19.1. The third-order valence-corrected chi connectivity index (χ3v) is 5.44. The quantitative estimate of drug-likeness (QED) is 0.405. The van der Waals surface area contributed by atoms with E-state index in [1.165, 1.54) is 0 Å². The number of aryl methyl sites for hydroxylation is 1. The Hall–Kier alpha value is -1.77. The van der Waals surface area contributed by atoms with Crippen LogP contribution < -0.4 is 0 Å². The van der Waals surface area contributed by atoms with E-state index in [1.807, 2.05) is 30.7 Å². The molecule has 0 bridgehead atoms. The van der Waals surface area contributed by atoms with Gasteiger partial charge in [0.2, 0.25) is 0 Å². The van der Waals surface area contributed by atoms with Crippen molar-refractivity contribution >= 4 is 22.9 Å². The zero-order valence-corrected chi connectivity index (χ0v) is 17.9. The summed E-state index contributed by atoms with van der Waals surface area (Å²) in [6.07, 6.45) is 9.71. The van der Waals surface area contributed by atoms with E-state index in [-0.39, 0.29) is 18.8 Å². The van der Waals surface area contributed by atoms with Gasteiger partial charge in [0.05, 0.1) is 31.1 Å². The fourth-order valence-electron chi connectivity index (χ4n) is 3.09. The van der Waals surface area contributed by atoms with Gasteiger partial charge in [-0.15, -0.1) is 5.10 Å². The highest BCUT2D eigenvalue weighted by molar-refractivity contribution is 7.99. The van der Waals surface area contributed by atoms with E-state index in [1.54, 1.807) is 17.8 Å². The Balaban J connectivity index is 0.000000500. The number of nitrogens with zero attached hydrogens (tertiary/aromatic N) is 5. The van der Waals surface area contributed by atoms with E-state index in [9.17, 15) is 0 Å². The molecule has 2 aromatic rings. The van der Waals surface area contributed by atoms with Crippen molar-refractivity contribution in [1.82, 2.24) is 25.0 Å². The second kappa shape index (κ2) is 11.9. The number of thioether (sulfide) groups is 1. The highest BCUT2D eigenvalue weighted by Crippen LogP contribution is 2.33. The van der Waals surface area contributed by atoms with E-state index in [4.69, 9.17) is 9.84 Å². The lowest BCUT2D eigenvalue weighted by molar-refractivity contribution is 0.0309. The van der Waals surface area contributed by atoms with Crippen LogP contribution in [0.2, 0.25) is 0 Å². The lowest BCUT2D eigenvalue weighted by atomic mass is 10.2. The summed E-state index contributed by atoms with van der Waals surface area (Å²) in [7, 11) is 0. The molecule has 2 atom stereocenters. The summed E-state index contributed by atoms with van der Waals surface area (Å²) < 4.78 is 7.58. The molecule has 1 N–H and O–H groups in total. The van der Waals surface area contributed by atoms with Gasteiger partial charge < -0.3 is 9.84 Å². The predicted molar refractivity (Wildman–Crippen MR) is 114 cm³/mol. The number of fused-ring (bicyclic) bond motifs is 1. The van der Waals surface area contributed by atoms with Gasteiger partial charge >= 0.3 is 0 Å². The summed E-state index contributed by atoms with van der Waals surface area (Å²) in [4.78, 5) is 9.19. The smallest absolute Gasteiger partial charge is 0.189 e. The maximum Gasteiger partial charge on any atom is 0.189 e. The van der Waals surface area contributed by atoms with Crippen LogP contribution in [0.5, 0.6) is 0 Å². The largest absolute Gasteiger partial charge is 0.394 e. The minimum Gasteiger partial charge on any atom is -0.394 e. The minimum atomic E-state index is 0.0673. The maximum atomic E-state index is 8.88. The first kappa shape index (κ1) is 22.5. The second-order valence-electron chi connectivity index (χ2n) is 6.59. The van der Waals surface area contributed by atoms with Crippen molar-refractivity contribution < 1.29 is 9.84 Å². The molecule has 8 heteroatoms. The standard InChI is InChI=1S/C15H23N5O2S.C5H8/c1-3-8-23-15-16-10(2)13-14(17-15)20(19-18-13)11-4-5-12(9-11)22-7-6-21;1-3-5-4-2/h11-12,21H,3-9H2,1-2H3;3-5H,1H2,2H3/b;5-4-/t11-,12+;/m0./s1. The predicted octanol–water partition coefficient (Wildman–Crippen LogP) is 3.88. The highest BCUT2D eigenvalue weighted by atomic mass is 32.2. The van der Waals surface area contributed by atoms with E-state index in [2.05, 4.69) is 33.8 Å². The van der Waals surface area contributed by atoms with Gasteiger partial charge in [-0.1, -0.05) is 48.7 Å². The molecule has 0 radical (unpaired) electrons. The molecule has 2 aromatic heterocycles. The van der Waals surface area contributed by atoms with Crippen LogP contribution in [0, 0.1) is 6.92 Å². The van der Waals surface area contributed by atoms with Gasteiger partial charge in [0.1, 0.15) is 0 Å². The van der Waals surface area contributed by atoms with Crippen LogP contribution in [0.15, 0.2) is 30.0 Å². The van der Waals surface area contributed by atoms with Crippen LogP contribution in [-0.2, 0) is 4.74 Å². The number of rotatable bonds is 8. The average Bonchev–Trinajstić information content (AvgIpc) is 3.32. The van der Waals surface area contributed by atoms with Crippen LogP contribution in [-0.4, -0.2) is 55.1 Å². The lowest BCUT2D eigenvalue weighted by Crippen LogP contribution is -2.14. The Kier molecular flexibility index (Phi) is 9.60. The Morgan fingerprint density at radius 2 is 2.18 bits per heavy atom. The molecular weight excluding hydrogens is 374 g/mol. The first-order valence-electron chi connectivity index (χ1n) is 9.83. The average molecular weight is 406 g/mol. The Labute approximate surface area is 171 Å². The van der Waals surface area contributed by atoms with Crippen molar-refractivity contribution in [1.29, 1.82) is 0 Å². The van der Waals surface area contributed by atoms with Gasteiger partial charge in [-0.05, 0) is 39.5 Å². The first-order valence-corrected chi connectivity index (χ1v) is 10.8. The molecule has 1 fully saturated rings.